The molecule has 1 atom stereocenters. The molecular weight excluding hydrogens is 699 g/mol. The van der Waals surface area contributed by atoms with Crippen molar-refractivity contribution in [3.63, 3.8) is 0 Å². The molecule has 320 valence electrons. The maximum atomic E-state index is 12.4. The minimum absolute atomic E-state index is 0.186. The minimum atomic E-state index is -4.76. The molecule has 54 heavy (non-hydrogen) atoms. The van der Waals surface area contributed by atoms with Gasteiger partial charge in [-0.25, -0.2) is 4.57 Å². The fourth-order valence-electron chi connectivity index (χ4n) is 6.84. The van der Waals surface area contributed by atoms with Crippen LogP contribution in [-0.2, 0) is 28.2 Å². The van der Waals surface area contributed by atoms with Gasteiger partial charge in [0.05, 0.1) is 6.61 Å². The number of phosphoric acid groups is 1. The van der Waals surface area contributed by atoms with Crippen molar-refractivity contribution in [3.8, 4) is 0 Å². The summed E-state index contributed by atoms with van der Waals surface area (Å²) in [4.78, 5) is 42.9. The lowest BCUT2D eigenvalue weighted by Crippen LogP contribution is -2.29. The van der Waals surface area contributed by atoms with E-state index in [1.54, 1.807) is 0 Å². The van der Waals surface area contributed by atoms with Crippen LogP contribution in [0.5, 0.6) is 0 Å². The Morgan fingerprint density at radius 3 is 1.17 bits per heavy atom. The molecule has 0 aliphatic heterocycles. The van der Waals surface area contributed by atoms with Gasteiger partial charge in [-0.1, -0.05) is 206 Å². The molecule has 0 saturated carbocycles. The molecular formula is C45H87O8P. The second-order valence-corrected chi connectivity index (χ2v) is 17.0. The van der Waals surface area contributed by atoms with E-state index in [0.29, 0.717) is 6.42 Å². The van der Waals surface area contributed by atoms with Gasteiger partial charge >= 0.3 is 19.8 Å². The predicted molar refractivity (Wildman–Crippen MR) is 226 cm³/mol. The molecule has 0 radical (unpaired) electrons. The normalized spacial score (nSPS) is 12.4. The van der Waals surface area contributed by atoms with Crippen LogP contribution in [0.25, 0.3) is 0 Å². The van der Waals surface area contributed by atoms with Crippen molar-refractivity contribution in [2.24, 2.45) is 0 Å². The summed E-state index contributed by atoms with van der Waals surface area (Å²) in [5.74, 6) is -0.896. The van der Waals surface area contributed by atoms with Gasteiger partial charge in [0.1, 0.15) is 6.61 Å². The lowest BCUT2D eigenvalue weighted by Gasteiger charge is -2.18. The fraction of sp³-hybridized carbons (Fsp3) is 0.911. The van der Waals surface area contributed by atoms with Gasteiger partial charge < -0.3 is 19.3 Å². The molecule has 0 spiro atoms. The van der Waals surface area contributed by atoms with Crippen LogP contribution in [0.1, 0.15) is 245 Å². The molecule has 8 nitrogen and oxygen atoms in total. The lowest BCUT2D eigenvalue weighted by atomic mass is 10.0. The highest BCUT2D eigenvalue weighted by molar-refractivity contribution is 7.46. The number of carbonyl (C=O) groups excluding carboxylic acids is 2. The summed E-state index contributed by atoms with van der Waals surface area (Å²) in [6, 6.07) is 0. The average molecular weight is 787 g/mol. The van der Waals surface area contributed by atoms with Crippen molar-refractivity contribution >= 4 is 19.8 Å². The van der Waals surface area contributed by atoms with Crippen molar-refractivity contribution in [2.75, 3.05) is 13.2 Å². The van der Waals surface area contributed by atoms with E-state index in [4.69, 9.17) is 19.3 Å². The fourth-order valence-corrected chi connectivity index (χ4v) is 7.20. The largest absolute Gasteiger partial charge is 0.469 e. The van der Waals surface area contributed by atoms with Crippen LogP contribution in [0.15, 0.2) is 12.2 Å². The molecule has 2 N–H and O–H groups in total. The molecule has 0 aromatic carbocycles. The first-order valence-corrected chi connectivity index (χ1v) is 24.5. The quantitative estimate of drug-likeness (QED) is 0.0271. The van der Waals surface area contributed by atoms with Crippen LogP contribution in [0.2, 0.25) is 0 Å². The van der Waals surface area contributed by atoms with Crippen molar-refractivity contribution in [3.05, 3.63) is 12.2 Å². The summed E-state index contributed by atoms with van der Waals surface area (Å²) in [7, 11) is -4.76. The molecule has 0 aromatic heterocycles. The average Bonchev–Trinajstić information content (AvgIpc) is 3.14. The molecule has 0 aliphatic rings. The van der Waals surface area contributed by atoms with Gasteiger partial charge in [-0.2, -0.15) is 0 Å². The Labute approximate surface area is 333 Å². The smallest absolute Gasteiger partial charge is 0.462 e. The summed E-state index contributed by atoms with van der Waals surface area (Å²) in [5, 5.41) is 0. The van der Waals surface area contributed by atoms with E-state index in [9.17, 15) is 14.2 Å². The highest BCUT2D eigenvalue weighted by Crippen LogP contribution is 2.36. The van der Waals surface area contributed by atoms with E-state index >= 15 is 0 Å². The number of hydrogen-bond acceptors (Lipinski definition) is 6. The maximum absolute atomic E-state index is 12.4. The van der Waals surface area contributed by atoms with E-state index < -0.39 is 32.5 Å². The number of esters is 2. The van der Waals surface area contributed by atoms with E-state index in [1.807, 2.05) is 0 Å². The number of allylic oxidation sites excluding steroid dienone is 2. The Bertz CT molecular complexity index is 889. The van der Waals surface area contributed by atoms with Gasteiger partial charge in [0.15, 0.2) is 6.10 Å². The van der Waals surface area contributed by atoms with E-state index in [1.165, 1.54) is 173 Å². The van der Waals surface area contributed by atoms with Gasteiger partial charge in [0.25, 0.3) is 0 Å². The van der Waals surface area contributed by atoms with Gasteiger partial charge in [0.2, 0.25) is 0 Å². The second-order valence-electron chi connectivity index (χ2n) is 15.7. The molecule has 0 fully saturated rings. The van der Waals surface area contributed by atoms with E-state index in [0.717, 1.165) is 38.5 Å². The molecule has 9 heteroatoms. The Hall–Kier alpha value is -1.21. The Morgan fingerprint density at radius 2 is 0.778 bits per heavy atom. The van der Waals surface area contributed by atoms with Crippen molar-refractivity contribution in [1.29, 1.82) is 0 Å². The molecule has 0 amide bonds. The van der Waals surface area contributed by atoms with Gasteiger partial charge in [-0.15, -0.1) is 0 Å². The maximum Gasteiger partial charge on any atom is 0.469 e. The third kappa shape index (κ3) is 43.5. The molecule has 0 rings (SSSR count). The molecule has 0 saturated heterocycles. The summed E-state index contributed by atoms with van der Waals surface area (Å²) in [6.07, 6.45) is 46.6. The van der Waals surface area contributed by atoms with Crippen LogP contribution >= 0.6 is 7.82 Å². The number of phosphoric ester groups is 1. The van der Waals surface area contributed by atoms with Crippen molar-refractivity contribution in [2.45, 2.75) is 251 Å². The predicted octanol–water partition coefficient (Wildman–Crippen LogP) is 14.2. The van der Waals surface area contributed by atoms with Crippen molar-refractivity contribution in [1.82, 2.24) is 0 Å². The molecule has 0 aliphatic carbocycles. The Morgan fingerprint density at radius 1 is 0.463 bits per heavy atom. The molecule has 0 aromatic rings. The zero-order chi connectivity index (χ0) is 39.6. The summed E-state index contributed by atoms with van der Waals surface area (Å²) in [6.45, 7) is 3.70. The van der Waals surface area contributed by atoms with Crippen LogP contribution in [0, 0.1) is 0 Å². The van der Waals surface area contributed by atoms with Crippen LogP contribution in [0.4, 0.5) is 0 Å². The summed E-state index contributed by atoms with van der Waals surface area (Å²) < 4.78 is 26.4. The van der Waals surface area contributed by atoms with Gasteiger partial charge in [0, 0.05) is 12.8 Å². The van der Waals surface area contributed by atoms with E-state index in [2.05, 4.69) is 30.5 Å². The number of carbonyl (C=O) groups is 2. The first kappa shape index (κ1) is 52.8. The number of ether oxygens (including phenoxy) is 2. The molecule has 0 heterocycles. The van der Waals surface area contributed by atoms with Crippen LogP contribution in [0.3, 0.4) is 0 Å². The Balaban J connectivity index is 3.82. The lowest BCUT2D eigenvalue weighted by molar-refractivity contribution is -0.161. The van der Waals surface area contributed by atoms with Gasteiger partial charge in [-0.3, -0.25) is 14.1 Å². The highest BCUT2D eigenvalue weighted by Gasteiger charge is 2.22. The minimum Gasteiger partial charge on any atom is -0.462 e. The molecule has 0 bridgehead atoms. The topological polar surface area (TPSA) is 119 Å². The zero-order valence-electron chi connectivity index (χ0n) is 35.4. The van der Waals surface area contributed by atoms with Crippen LogP contribution in [-0.4, -0.2) is 41.0 Å². The monoisotopic (exact) mass is 787 g/mol. The third-order valence-electron chi connectivity index (χ3n) is 10.3. The number of rotatable bonds is 43. The zero-order valence-corrected chi connectivity index (χ0v) is 36.3. The summed E-state index contributed by atoms with van der Waals surface area (Å²) >= 11 is 0. The van der Waals surface area contributed by atoms with Crippen molar-refractivity contribution < 1.29 is 37.9 Å². The SMILES string of the molecule is CCCCCCCCCCC/C=C/CCCCC(=O)O[C@H](COC(=O)CCCCCCCCCCCCCCCCCCCCCCC)COP(=O)(O)O. The first-order valence-electron chi connectivity index (χ1n) is 23.0. The number of unbranched alkanes of at least 4 members (excludes halogenated alkanes) is 31. The second kappa shape index (κ2) is 41.4. The summed E-state index contributed by atoms with van der Waals surface area (Å²) in [5.41, 5.74) is 0. The molecule has 0 unspecified atom stereocenters. The Kier molecular flexibility index (Phi) is 40.5. The van der Waals surface area contributed by atoms with Crippen LogP contribution < -0.4 is 0 Å². The third-order valence-corrected chi connectivity index (χ3v) is 10.8. The first-order chi connectivity index (χ1) is 26.3. The highest BCUT2D eigenvalue weighted by atomic mass is 31.2. The van der Waals surface area contributed by atoms with Gasteiger partial charge in [-0.05, 0) is 38.5 Å². The van der Waals surface area contributed by atoms with E-state index in [-0.39, 0.29) is 19.4 Å². The standard InChI is InChI=1S/C45H87O8P/c1-3-5-7-9-11-13-15-17-19-20-21-22-23-24-26-27-29-31-33-35-37-39-44(46)51-41-43(42-52-54(48,49)50)53-45(47)40-38-36-34-32-30-28-25-18-16-14-12-10-8-6-4-2/h30,32,43H,3-29,31,33-42H2,1-2H3,(H2,48,49,50)/b32-30+/t43-/m1/s1. The number of hydrogen-bond donors (Lipinski definition) is 2.